The third-order valence-corrected chi connectivity index (χ3v) is 1.77. The summed E-state index contributed by atoms with van der Waals surface area (Å²) >= 11 is 0. The first kappa shape index (κ1) is 8.83. The van der Waals surface area contributed by atoms with Crippen molar-refractivity contribution in [1.82, 2.24) is 15.1 Å². The Bertz CT molecular complexity index is 398. The van der Waals surface area contributed by atoms with Crippen LogP contribution in [0.25, 0.3) is 0 Å². The lowest BCUT2D eigenvalue weighted by molar-refractivity contribution is 0.375. The van der Waals surface area contributed by atoms with Crippen LogP contribution >= 0.6 is 0 Å². The summed E-state index contributed by atoms with van der Waals surface area (Å²) in [5.41, 5.74) is 6.40. The van der Waals surface area contributed by atoms with Crippen LogP contribution in [0.2, 0.25) is 0 Å². The van der Waals surface area contributed by atoms with Crippen molar-refractivity contribution in [2.75, 3.05) is 0 Å². The molecule has 0 aliphatic rings. The van der Waals surface area contributed by atoms with Crippen molar-refractivity contribution in [3.05, 3.63) is 41.8 Å². The van der Waals surface area contributed by atoms with E-state index in [1.54, 1.807) is 12.4 Å². The molecule has 0 aromatic carbocycles. The Balaban J connectivity index is 2.11. The van der Waals surface area contributed by atoms with Crippen LogP contribution in [-0.2, 0) is 13.0 Å². The molecule has 5 nitrogen and oxygen atoms in total. The quantitative estimate of drug-likeness (QED) is 0.763. The molecule has 2 rings (SSSR count). The van der Waals surface area contributed by atoms with E-state index in [4.69, 9.17) is 10.3 Å². The SMILES string of the molecule is NCc1nc(Cc2cccnc2)no1. The van der Waals surface area contributed by atoms with E-state index in [0.29, 0.717) is 18.1 Å². The van der Waals surface area contributed by atoms with Gasteiger partial charge in [0, 0.05) is 18.8 Å². The van der Waals surface area contributed by atoms with E-state index in [1.165, 1.54) is 0 Å². The number of nitrogens with two attached hydrogens (primary N) is 1. The fourth-order valence-corrected chi connectivity index (χ4v) is 1.13. The Labute approximate surface area is 81.0 Å². The van der Waals surface area contributed by atoms with Gasteiger partial charge in [-0.2, -0.15) is 4.98 Å². The van der Waals surface area contributed by atoms with Crippen molar-refractivity contribution in [2.45, 2.75) is 13.0 Å². The fraction of sp³-hybridized carbons (Fsp3) is 0.222. The van der Waals surface area contributed by atoms with Gasteiger partial charge in [0.25, 0.3) is 0 Å². The molecule has 14 heavy (non-hydrogen) atoms. The van der Waals surface area contributed by atoms with Crippen molar-refractivity contribution < 1.29 is 4.52 Å². The zero-order valence-electron chi connectivity index (χ0n) is 7.55. The molecular weight excluding hydrogens is 180 g/mol. The number of pyridine rings is 1. The van der Waals surface area contributed by atoms with Gasteiger partial charge in [-0.05, 0) is 11.6 Å². The molecule has 0 spiro atoms. The molecule has 2 heterocycles. The highest BCUT2D eigenvalue weighted by molar-refractivity contribution is 5.13. The average molecular weight is 190 g/mol. The first-order valence-corrected chi connectivity index (χ1v) is 4.29. The Morgan fingerprint density at radius 2 is 2.36 bits per heavy atom. The van der Waals surface area contributed by atoms with Crippen molar-refractivity contribution >= 4 is 0 Å². The highest BCUT2D eigenvalue weighted by Gasteiger charge is 2.04. The molecule has 0 radical (unpaired) electrons. The van der Waals surface area contributed by atoms with Crippen LogP contribution in [0.15, 0.2) is 29.0 Å². The van der Waals surface area contributed by atoms with Crippen LogP contribution in [0.5, 0.6) is 0 Å². The summed E-state index contributed by atoms with van der Waals surface area (Å²) in [5, 5.41) is 3.79. The van der Waals surface area contributed by atoms with Gasteiger partial charge < -0.3 is 10.3 Å². The Hall–Kier alpha value is -1.75. The van der Waals surface area contributed by atoms with Gasteiger partial charge >= 0.3 is 0 Å². The molecule has 0 aliphatic heterocycles. The second-order valence-electron chi connectivity index (χ2n) is 2.85. The van der Waals surface area contributed by atoms with E-state index in [-0.39, 0.29) is 6.54 Å². The van der Waals surface area contributed by atoms with Crippen LogP contribution in [-0.4, -0.2) is 15.1 Å². The number of nitrogens with zero attached hydrogens (tertiary/aromatic N) is 3. The summed E-state index contributed by atoms with van der Waals surface area (Å²) in [4.78, 5) is 8.09. The number of hydrogen-bond acceptors (Lipinski definition) is 5. The second-order valence-corrected chi connectivity index (χ2v) is 2.85. The summed E-state index contributed by atoms with van der Waals surface area (Å²) in [6, 6.07) is 3.84. The highest BCUT2D eigenvalue weighted by Crippen LogP contribution is 2.04. The number of hydrogen-bond donors (Lipinski definition) is 1. The van der Waals surface area contributed by atoms with Crippen molar-refractivity contribution in [2.24, 2.45) is 5.73 Å². The van der Waals surface area contributed by atoms with Crippen molar-refractivity contribution in [1.29, 1.82) is 0 Å². The molecule has 0 aliphatic carbocycles. The first-order chi connectivity index (χ1) is 6.88. The zero-order valence-corrected chi connectivity index (χ0v) is 7.55. The van der Waals surface area contributed by atoms with E-state index < -0.39 is 0 Å². The summed E-state index contributed by atoms with van der Waals surface area (Å²) in [5.74, 6) is 1.10. The Morgan fingerprint density at radius 1 is 1.43 bits per heavy atom. The molecule has 0 fully saturated rings. The molecule has 0 atom stereocenters. The van der Waals surface area contributed by atoms with Crippen molar-refractivity contribution in [3.8, 4) is 0 Å². The molecule has 2 aromatic rings. The summed E-state index contributed by atoms with van der Waals surface area (Å²) in [7, 11) is 0. The zero-order chi connectivity index (χ0) is 9.80. The van der Waals surface area contributed by atoms with E-state index in [1.807, 2.05) is 12.1 Å². The molecule has 0 amide bonds. The fourth-order valence-electron chi connectivity index (χ4n) is 1.13. The lowest BCUT2D eigenvalue weighted by Gasteiger charge is -1.93. The molecule has 0 saturated heterocycles. The predicted molar refractivity (Wildman–Crippen MR) is 49.2 cm³/mol. The summed E-state index contributed by atoms with van der Waals surface area (Å²) < 4.78 is 4.88. The summed E-state index contributed by atoms with van der Waals surface area (Å²) in [6.07, 6.45) is 4.13. The van der Waals surface area contributed by atoms with Gasteiger partial charge in [0.2, 0.25) is 5.89 Å². The molecule has 2 aromatic heterocycles. The van der Waals surface area contributed by atoms with Gasteiger partial charge in [0.05, 0.1) is 6.54 Å². The first-order valence-electron chi connectivity index (χ1n) is 4.29. The van der Waals surface area contributed by atoms with Gasteiger partial charge in [-0.1, -0.05) is 11.2 Å². The van der Waals surface area contributed by atoms with Crippen LogP contribution in [0, 0.1) is 0 Å². The maximum atomic E-state index is 5.35. The molecule has 0 bridgehead atoms. The average Bonchev–Trinajstić information content (AvgIpc) is 2.67. The minimum atomic E-state index is 0.278. The normalized spacial score (nSPS) is 10.4. The van der Waals surface area contributed by atoms with Gasteiger partial charge in [-0.15, -0.1) is 0 Å². The minimum Gasteiger partial charge on any atom is -0.338 e. The molecule has 2 N–H and O–H groups in total. The largest absolute Gasteiger partial charge is 0.338 e. The molecule has 72 valence electrons. The second kappa shape index (κ2) is 3.97. The molecular formula is C9H10N4O. The minimum absolute atomic E-state index is 0.278. The van der Waals surface area contributed by atoms with E-state index in [2.05, 4.69) is 15.1 Å². The van der Waals surface area contributed by atoms with Crippen LogP contribution in [0.3, 0.4) is 0 Å². The van der Waals surface area contributed by atoms with Crippen LogP contribution in [0.1, 0.15) is 17.3 Å². The monoisotopic (exact) mass is 190 g/mol. The molecule has 0 unspecified atom stereocenters. The predicted octanol–water partition coefficient (Wildman–Crippen LogP) is 0.514. The van der Waals surface area contributed by atoms with Crippen LogP contribution in [0.4, 0.5) is 0 Å². The molecule has 0 saturated carbocycles. The van der Waals surface area contributed by atoms with Gasteiger partial charge in [0.1, 0.15) is 0 Å². The summed E-state index contributed by atoms with van der Waals surface area (Å²) in [6.45, 7) is 0.278. The topological polar surface area (TPSA) is 77.8 Å². The Morgan fingerprint density at radius 3 is 3.00 bits per heavy atom. The number of rotatable bonds is 3. The Kier molecular flexibility index (Phi) is 2.51. The standard InChI is InChI=1S/C9H10N4O/c10-5-9-12-8(13-14-9)4-7-2-1-3-11-6-7/h1-3,6H,4-5,10H2. The van der Waals surface area contributed by atoms with Crippen LogP contribution < -0.4 is 5.73 Å². The van der Waals surface area contributed by atoms with Gasteiger partial charge in [-0.25, -0.2) is 0 Å². The molecule has 5 heteroatoms. The number of aromatic nitrogens is 3. The van der Waals surface area contributed by atoms with E-state index in [0.717, 1.165) is 5.56 Å². The lowest BCUT2D eigenvalue weighted by Crippen LogP contribution is -1.97. The lowest BCUT2D eigenvalue weighted by atomic mass is 10.2. The highest BCUT2D eigenvalue weighted by atomic mass is 16.5. The van der Waals surface area contributed by atoms with Gasteiger partial charge in [-0.3, -0.25) is 4.98 Å². The van der Waals surface area contributed by atoms with Gasteiger partial charge in [0.15, 0.2) is 5.82 Å². The smallest absolute Gasteiger partial charge is 0.240 e. The van der Waals surface area contributed by atoms with E-state index >= 15 is 0 Å². The van der Waals surface area contributed by atoms with E-state index in [9.17, 15) is 0 Å². The maximum absolute atomic E-state index is 5.35. The third-order valence-electron chi connectivity index (χ3n) is 1.77. The third kappa shape index (κ3) is 1.94. The maximum Gasteiger partial charge on any atom is 0.240 e. The van der Waals surface area contributed by atoms with Crippen molar-refractivity contribution in [3.63, 3.8) is 0 Å².